The monoisotopic (exact) mass is 341 g/mol. The minimum absolute atomic E-state index is 0.0362. The molecule has 1 aliphatic rings. The molecule has 132 valence electrons. The first kappa shape index (κ1) is 17.2. The molecule has 2 atom stereocenters. The highest BCUT2D eigenvalue weighted by Gasteiger charge is 2.25. The number of anilines is 1. The van der Waals surface area contributed by atoms with E-state index in [9.17, 15) is 9.59 Å². The van der Waals surface area contributed by atoms with Crippen molar-refractivity contribution >= 4 is 17.5 Å². The summed E-state index contributed by atoms with van der Waals surface area (Å²) in [7, 11) is 0. The SMILES string of the molecule is NC1CCCC(C(=O)NCC(=O)Nc2ccc(-n3cccn3)cc2)C1. The van der Waals surface area contributed by atoms with Gasteiger partial charge >= 0.3 is 0 Å². The van der Waals surface area contributed by atoms with Crippen LogP contribution < -0.4 is 16.4 Å². The quantitative estimate of drug-likeness (QED) is 0.766. The highest BCUT2D eigenvalue weighted by molar-refractivity contribution is 5.94. The summed E-state index contributed by atoms with van der Waals surface area (Å²) in [6.07, 6.45) is 7.03. The summed E-state index contributed by atoms with van der Waals surface area (Å²) in [4.78, 5) is 24.1. The Morgan fingerprint density at radius 1 is 1.24 bits per heavy atom. The van der Waals surface area contributed by atoms with Gasteiger partial charge in [-0.05, 0) is 49.6 Å². The number of rotatable bonds is 5. The zero-order valence-corrected chi connectivity index (χ0v) is 14.0. The molecule has 25 heavy (non-hydrogen) atoms. The highest BCUT2D eigenvalue weighted by Crippen LogP contribution is 2.23. The average molecular weight is 341 g/mol. The van der Waals surface area contributed by atoms with Crippen molar-refractivity contribution in [3.63, 3.8) is 0 Å². The molecule has 0 bridgehead atoms. The van der Waals surface area contributed by atoms with Gasteiger partial charge in [0.15, 0.2) is 0 Å². The van der Waals surface area contributed by atoms with E-state index in [1.54, 1.807) is 23.0 Å². The molecule has 1 heterocycles. The van der Waals surface area contributed by atoms with Gasteiger partial charge in [0.2, 0.25) is 11.8 Å². The Bertz CT molecular complexity index is 712. The van der Waals surface area contributed by atoms with Gasteiger partial charge in [0.1, 0.15) is 0 Å². The van der Waals surface area contributed by atoms with E-state index in [4.69, 9.17) is 5.73 Å². The van der Waals surface area contributed by atoms with Crippen molar-refractivity contribution in [3.05, 3.63) is 42.7 Å². The number of carbonyl (C=O) groups is 2. The first-order chi connectivity index (χ1) is 12.1. The van der Waals surface area contributed by atoms with Crippen LogP contribution >= 0.6 is 0 Å². The van der Waals surface area contributed by atoms with Gasteiger partial charge in [0.25, 0.3) is 0 Å². The maximum Gasteiger partial charge on any atom is 0.243 e. The summed E-state index contributed by atoms with van der Waals surface area (Å²) < 4.78 is 1.74. The zero-order valence-electron chi connectivity index (χ0n) is 14.0. The van der Waals surface area contributed by atoms with Crippen molar-refractivity contribution in [1.29, 1.82) is 0 Å². The Balaban J connectivity index is 1.46. The van der Waals surface area contributed by atoms with Crippen molar-refractivity contribution < 1.29 is 9.59 Å². The molecule has 0 aliphatic heterocycles. The summed E-state index contributed by atoms with van der Waals surface area (Å²) in [5.41, 5.74) is 7.49. The fourth-order valence-electron chi connectivity index (χ4n) is 3.10. The van der Waals surface area contributed by atoms with E-state index in [2.05, 4.69) is 15.7 Å². The predicted octanol–water partition coefficient (Wildman–Crippen LogP) is 1.44. The molecule has 1 saturated carbocycles. The molecule has 0 saturated heterocycles. The number of nitrogens with two attached hydrogens (primary N) is 1. The molecule has 1 fully saturated rings. The highest BCUT2D eigenvalue weighted by atomic mass is 16.2. The molecule has 1 aliphatic carbocycles. The van der Waals surface area contributed by atoms with Gasteiger partial charge in [-0.1, -0.05) is 6.42 Å². The van der Waals surface area contributed by atoms with E-state index in [0.29, 0.717) is 12.1 Å². The summed E-state index contributed by atoms with van der Waals surface area (Å²) >= 11 is 0. The van der Waals surface area contributed by atoms with E-state index in [-0.39, 0.29) is 30.3 Å². The second-order valence-corrected chi connectivity index (χ2v) is 6.39. The van der Waals surface area contributed by atoms with E-state index in [1.807, 2.05) is 24.4 Å². The van der Waals surface area contributed by atoms with E-state index in [0.717, 1.165) is 24.9 Å². The molecule has 7 nitrogen and oxygen atoms in total. The Morgan fingerprint density at radius 2 is 2.04 bits per heavy atom. The van der Waals surface area contributed by atoms with Gasteiger partial charge in [-0.2, -0.15) is 5.10 Å². The normalized spacial score (nSPS) is 20.0. The third kappa shape index (κ3) is 4.67. The Labute approximate surface area is 146 Å². The molecular weight excluding hydrogens is 318 g/mol. The van der Waals surface area contributed by atoms with Crippen molar-refractivity contribution in [2.75, 3.05) is 11.9 Å². The molecule has 3 rings (SSSR count). The Morgan fingerprint density at radius 3 is 2.72 bits per heavy atom. The van der Waals surface area contributed by atoms with Gasteiger partial charge in [0.05, 0.1) is 12.2 Å². The predicted molar refractivity (Wildman–Crippen MR) is 95.1 cm³/mol. The van der Waals surface area contributed by atoms with Crippen molar-refractivity contribution in [1.82, 2.24) is 15.1 Å². The van der Waals surface area contributed by atoms with Crippen LogP contribution in [-0.2, 0) is 9.59 Å². The summed E-state index contributed by atoms with van der Waals surface area (Å²) in [5.74, 6) is -0.412. The molecule has 1 aromatic heterocycles. The van der Waals surface area contributed by atoms with Crippen LogP contribution in [0.15, 0.2) is 42.7 Å². The third-order valence-electron chi connectivity index (χ3n) is 4.43. The standard InChI is InChI=1S/C18H23N5O2/c19-14-4-1-3-13(11-14)18(25)20-12-17(24)22-15-5-7-16(8-6-15)23-10-2-9-21-23/h2,5-10,13-14H,1,3-4,11-12,19H2,(H,20,25)(H,22,24). The van der Waals surface area contributed by atoms with Crippen LogP contribution in [0.1, 0.15) is 25.7 Å². The Hall–Kier alpha value is -2.67. The molecule has 2 amide bonds. The second kappa shape index (κ2) is 7.94. The maximum absolute atomic E-state index is 12.1. The van der Waals surface area contributed by atoms with Gasteiger partial charge in [-0.3, -0.25) is 9.59 Å². The van der Waals surface area contributed by atoms with Crippen LogP contribution in [0.2, 0.25) is 0 Å². The largest absolute Gasteiger partial charge is 0.347 e. The number of hydrogen-bond acceptors (Lipinski definition) is 4. The molecule has 1 aromatic carbocycles. The van der Waals surface area contributed by atoms with Crippen LogP contribution in [0, 0.1) is 5.92 Å². The van der Waals surface area contributed by atoms with Gasteiger partial charge in [0, 0.05) is 30.0 Å². The topological polar surface area (TPSA) is 102 Å². The molecular formula is C18H23N5O2. The van der Waals surface area contributed by atoms with E-state index in [1.165, 1.54) is 0 Å². The van der Waals surface area contributed by atoms with E-state index < -0.39 is 0 Å². The van der Waals surface area contributed by atoms with Gasteiger partial charge in [-0.25, -0.2) is 4.68 Å². The minimum atomic E-state index is -0.250. The number of nitrogens with zero attached hydrogens (tertiary/aromatic N) is 2. The first-order valence-electron chi connectivity index (χ1n) is 8.55. The van der Waals surface area contributed by atoms with Crippen LogP contribution in [0.25, 0.3) is 5.69 Å². The lowest BCUT2D eigenvalue weighted by molar-refractivity contribution is -0.128. The summed E-state index contributed by atoms with van der Waals surface area (Å²) in [6, 6.07) is 9.27. The molecule has 4 N–H and O–H groups in total. The molecule has 7 heteroatoms. The number of aromatic nitrogens is 2. The molecule has 2 aromatic rings. The molecule has 0 radical (unpaired) electrons. The number of amides is 2. The number of benzene rings is 1. The number of nitrogens with one attached hydrogen (secondary N) is 2. The van der Waals surface area contributed by atoms with Gasteiger partial charge < -0.3 is 16.4 Å². The summed E-state index contributed by atoms with van der Waals surface area (Å²) in [5, 5.41) is 9.63. The minimum Gasteiger partial charge on any atom is -0.347 e. The number of hydrogen-bond donors (Lipinski definition) is 3. The zero-order chi connectivity index (χ0) is 17.6. The fraction of sp³-hybridized carbons (Fsp3) is 0.389. The molecule has 2 unspecified atom stereocenters. The van der Waals surface area contributed by atoms with Crippen LogP contribution in [0.5, 0.6) is 0 Å². The van der Waals surface area contributed by atoms with Crippen molar-refractivity contribution in [3.8, 4) is 5.69 Å². The first-order valence-corrected chi connectivity index (χ1v) is 8.55. The third-order valence-corrected chi connectivity index (χ3v) is 4.43. The number of carbonyl (C=O) groups excluding carboxylic acids is 2. The van der Waals surface area contributed by atoms with E-state index >= 15 is 0 Å². The average Bonchev–Trinajstić information content (AvgIpc) is 3.15. The van der Waals surface area contributed by atoms with Crippen LogP contribution in [0.4, 0.5) is 5.69 Å². The lowest BCUT2D eigenvalue weighted by Crippen LogP contribution is -2.40. The van der Waals surface area contributed by atoms with Crippen LogP contribution in [0.3, 0.4) is 0 Å². The smallest absolute Gasteiger partial charge is 0.243 e. The molecule has 0 spiro atoms. The summed E-state index contributed by atoms with van der Waals surface area (Å²) in [6.45, 7) is -0.0362. The maximum atomic E-state index is 12.1. The fourth-order valence-corrected chi connectivity index (χ4v) is 3.10. The van der Waals surface area contributed by atoms with Crippen LogP contribution in [-0.4, -0.2) is 34.2 Å². The lowest BCUT2D eigenvalue weighted by atomic mass is 9.85. The second-order valence-electron chi connectivity index (χ2n) is 6.39. The van der Waals surface area contributed by atoms with Crippen molar-refractivity contribution in [2.24, 2.45) is 11.7 Å². The lowest BCUT2D eigenvalue weighted by Gasteiger charge is -2.25. The van der Waals surface area contributed by atoms with Gasteiger partial charge in [-0.15, -0.1) is 0 Å². The van der Waals surface area contributed by atoms with Crippen molar-refractivity contribution in [2.45, 2.75) is 31.7 Å². The Kier molecular flexibility index (Phi) is 5.45.